The maximum absolute atomic E-state index is 10.4. The van der Waals surface area contributed by atoms with Crippen LogP contribution in [0.2, 0.25) is 0 Å². The van der Waals surface area contributed by atoms with Crippen LogP contribution in [0.25, 0.3) is 0 Å². The molecule has 0 saturated heterocycles. The van der Waals surface area contributed by atoms with Gasteiger partial charge in [-0.25, -0.2) is 4.57 Å². The lowest BCUT2D eigenvalue weighted by atomic mass is 10.4. The van der Waals surface area contributed by atoms with Crippen LogP contribution in [-0.2, 0) is 13.6 Å². The summed E-state index contributed by atoms with van der Waals surface area (Å²) >= 11 is 0. The number of imidazole rings is 1. The van der Waals surface area contributed by atoms with Gasteiger partial charge in [-0.2, -0.15) is 0 Å². The van der Waals surface area contributed by atoms with Crippen LogP contribution in [0.15, 0.2) is 6.20 Å². The molecule has 6 heteroatoms. The molecule has 1 rings (SSSR count). The van der Waals surface area contributed by atoms with E-state index in [4.69, 9.17) is 0 Å². The smallest absolute Gasteiger partial charge is 0.390 e. The van der Waals surface area contributed by atoms with Crippen molar-refractivity contribution in [2.45, 2.75) is 6.54 Å². The zero-order valence-corrected chi connectivity index (χ0v) is 7.89. The van der Waals surface area contributed by atoms with Crippen molar-refractivity contribution in [3.05, 3.63) is 22.0 Å². The van der Waals surface area contributed by atoms with Gasteiger partial charge in [0.1, 0.15) is 11.9 Å². The summed E-state index contributed by atoms with van der Waals surface area (Å²) < 4.78 is 1.49. The van der Waals surface area contributed by atoms with Crippen LogP contribution < -0.4 is 0 Å². The molecule has 0 aromatic carbocycles. The van der Waals surface area contributed by atoms with Crippen molar-refractivity contribution in [1.29, 1.82) is 0 Å². The maximum Gasteiger partial charge on any atom is 0.434 e. The molecule has 0 radical (unpaired) electrons. The molecule has 0 atom stereocenters. The Hall–Kier alpha value is -1.43. The molecule has 72 valence electrons. The molecule has 0 aliphatic carbocycles. The van der Waals surface area contributed by atoms with E-state index in [1.54, 1.807) is 7.05 Å². The molecule has 0 spiro atoms. The van der Waals surface area contributed by atoms with Crippen molar-refractivity contribution in [3.63, 3.8) is 0 Å². The summed E-state index contributed by atoms with van der Waals surface area (Å²) in [5, 5.41) is 10.4. The molecule has 0 saturated carbocycles. The van der Waals surface area contributed by atoms with E-state index < -0.39 is 4.92 Å². The molecule has 0 aliphatic heterocycles. The highest BCUT2D eigenvalue weighted by molar-refractivity contribution is 5.14. The van der Waals surface area contributed by atoms with Crippen LogP contribution in [0, 0.1) is 10.1 Å². The van der Waals surface area contributed by atoms with E-state index in [0.29, 0.717) is 6.54 Å². The molecule has 0 N–H and O–H groups in total. The molecule has 0 unspecified atom stereocenters. The van der Waals surface area contributed by atoms with E-state index in [1.807, 2.05) is 19.0 Å². The van der Waals surface area contributed by atoms with E-state index in [1.165, 1.54) is 10.8 Å². The monoisotopic (exact) mass is 184 g/mol. The minimum absolute atomic E-state index is 0.114. The molecule has 1 aromatic heterocycles. The molecule has 6 nitrogen and oxygen atoms in total. The van der Waals surface area contributed by atoms with Gasteiger partial charge in [0.2, 0.25) is 0 Å². The predicted octanol–water partition coefficient (Wildman–Crippen LogP) is 0.390. The van der Waals surface area contributed by atoms with E-state index >= 15 is 0 Å². The third kappa shape index (κ3) is 2.03. The average molecular weight is 184 g/mol. The van der Waals surface area contributed by atoms with E-state index in [-0.39, 0.29) is 5.95 Å². The number of hydrogen-bond donors (Lipinski definition) is 0. The summed E-state index contributed by atoms with van der Waals surface area (Å²) in [5.41, 5.74) is 0.830. The minimum atomic E-state index is -0.487. The predicted molar refractivity (Wildman–Crippen MR) is 47.3 cm³/mol. The third-order valence-corrected chi connectivity index (χ3v) is 1.70. The molecule has 13 heavy (non-hydrogen) atoms. The SMILES string of the molecule is CN(C)Cc1cnc([N+](=O)[O-])n1C. The number of aromatic nitrogens is 2. The van der Waals surface area contributed by atoms with E-state index in [0.717, 1.165) is 5.69 Å². The highest BCUT2D eigenvalue weighted by Crippen LogP contribution is 2.11. The van der Waals surface area contributed by atoms with Gasteiger partial charge in [-0.15, -0.1) is 0 Å². The Bertz CT molecular complexity index is 318. The number of hydrogen-bond acceptors (Lipinski definition) is 4. The fourth-order valence-electron chi connectivity index (χ4n) is 1.07. The largest absolute Gasteiger partial charge is 0.434 e. The molecule has 1 heterocycles. The summed E-state index contributed by atoms with van der Waals surface area (Å²) in [5.74, 6) is -0.114. The summed E-state index contributed by atoms with van der Waals surface area (Å²) in [6, 6.07) is 0. The van der Waals surface area contributed by atoms with Gasteiger partial charge in [0, 0.05) is 0 Å². The Morgan fingerprint density at radius 2 is 2.31 bits per heavy atom. The van der Waals surface area contributed by atoms with Crippen LogP contribution in [0.5, 0.6) is 0 Å². The summed E-state index contributed by atoms with van der Waals surface area (Å²) in [6.45, 7) is 0.650. The molecule has 0 aliphatic rings. The lowest BCUT2D eigenvalue weighted by Crippen LogP contribution is -2.13. The number of nitro groups is 1. The molecule has 0 fully saturated rings. The Balaban J connectivity index is 2.93. The maximum atomic E-state index is 10.4. The summed E-state index contributed by atoms with van der Waals surface area (Å²) in [4.78, 5) is 15.6. The number of nitrogens with zero attached hydrogens (tertiary/aromatic N) is 4. The van der Waals surface area contributed by atoms with Crippen molar-refractivity contribution in [1.82, 2.24) is 14.5 Å². The fraction of sp³-hybridized carbons (Fsp3) is 0.571. The van der Waals surface area contributed by atoms with Crippen LogP contribution in [0.3, 0.4) is 0 Å². The molecule has 0 bridgehead atoms. The zero-order chi connectivity index (χ0) is 10.0. The van der Waals surface area contributed by atoms with Gasteiger partial charge >= 0.3 is 5.95 Å². The molecule has 1 aromatic rings. The van der Waals surface area contributed by atoms with Gasteiger partial charge < -0.3 is 15.0 Å². The van der Waals surface area contributed by atoms with Gasteiger partial charge in [-0.05, 0) is 19.0 Å². The van der Waals surface area contributed by atoms with Crippen LogP contribution in [0.4, 0.5) is 5.95 Å². The summed E-state index contributed by atoms with van der Waals surface area (Å²) in [6.07, 6.45) is 1.53. The van der Waals surface area contributed by atoms with Crippen molar-refractivity contribution in [2.75, 3.05) is 14.1 Å². The first-order valence-corrected chi connectivity index (χ1v) is 3.82. The average Bonchev–Trinajstić information content (AvgIpc) is 2.32. The van der Waals surface area contributed by atoms with E-state index in [2.05, 4.69) is 4.98 Å². The first-order valence-electron chi connectivity index (χ1n) is 3.82. The molecular weight excluding hydrogens is 172 g/mol. The number of rotatable bonds is 3. The first kappa shape index (κ1) is 9.66. The molecular formula is C7H12N4O2. The van der Waals surface area contributed by atoms with Gasteiger partial charge in [0.25, 0.3) is 0 Å². The minimum Gasteiger partial charge on any atom is -0.390 e. The second kappa shape index (κ2) is 3.53. The van der Waals surface area contributed by atoms with Crippen molar-refractivity contribution < 1.29 is 4.92 Å². The van der Waals surface area contributed by atoms with Gasteiger partial charge in [0.15, 0.2) is 0 Å². The van der Waals surface area contributed by atoms with Crippen molar-refractivity contribution in [2.24, 2.45) is 7.05 Å². The lowest BCUT2D eigenvalue weighted by Gasteiger charge is -2.06. The van der Waals surface area contributed by atoms with Crippen LogP contribution in [-0.4, -0.2) is 33.5 Å². The normalized spacial score (nSPS) is 10.8. The Labute approximate surface area is 75.9 Å². The Morgan fingerprint density at radius 3 is 2.69 bits per heavy atom. The van der Waals surface area contributed by atoms with Gasteiger partial charge in [0.05, 0.1) is 13.6 Å². The molecule has 0 amide bonds. The second-order valence-corrected chi connectivity index (χ2v) is 3.10. The van der Waals surface area contributed by atoms with Crippen LogP contribution >= 0.6 is 0 Å². The third-order valence-electron chi connectivity index (χ3n) is 1.70. The topological polar surface area (TPSA) is 64.2 Å². The fourth-order valence-corrected chi connectivity index (χ4v) is 1.07. The highest BCUT2D eigenvalue weighted by Gasteiger charge is 2.16. The Kier molecular flexibility index (Phi) is 2.62. The zero-order valence-electron chi connectivity index (χ0n) is 7.89. The quantitative estimate of drug-likeness (QED) is 0.503. The lowest BCUT2D eigenvalue weighted by molar-refractivity contribution is -0.396. The van der Waals surface area contributed by atoms with Crippen molar-refractivity contribution in [3.8, 4) is 0 Å². The van der Waals surface area contributed by atoms with E-state index in [9.17, 15) is 10.1 Å². The first-order chi connectivity index (χ1) is 6.02. The summed E-state index contributed by atoms with van der Waals surface area (Å²) in [7, 11) is 5.45. The van der Waals surface area contributed by atoms with Crippen molar-refractivity contribution >= 4 is 5.95 Å². The van der Waals surface area contributed by atoms with Crippen LogP contribution in [0.1, 0.15) is 5.69 Å². The van der Waals surface area contributed by atoms with Gasteiger partial charge in [-0.1, -0.05) is 4.98 Å². The highest BCUT2D eigenvalue weighted by atomic mass is 16.6. The Morgan fingerprint density at radius 1 is 1.69 bits per heavy atom. The van der Waals surface area contributed by atoms with Gasteiger partial charge in [-0.3, -0.25) is 0 Å². The second-order valence-electron chi connectivity index (χ2n) is 3.10. The standard InChI is InChI=1S/C7H12N4O2/c1-9(2)5-6-4-8-7(10(6)3)11(12)13/h4H,5H2,1-3H3.